The fourth-order valence-corrected chi connectivity index (χ4v) is 3.54. The van der Waals surface area contributed by atoms with Crippen molar-refractivity contribution in [1.82, 2.24) is 20.0 Å². The number of ether oxygens (including phenoxy) is 1. The lowest BCUT2D eigenvalue weighted by molar-refractivity contribution is -0.132. The number of carbonyl (C=O) groups excluding carboxylic acids is 1. The number of nitrogens with one attached hydrogen (secondary N) is 1. The van der Waals surface area contributed by atoms with Crippen molar-refractivity contribution in [3.63, 3.8) is 0 Å². The minimum absolute atomic E-state index is 0.0943. The predicted octanol–water partition coefficient (Wildman–Crippen LogP) is 1.58. The summed E-state index contributed by atoms with van der Waals surface area (Å²) >= 11 is 0. The first-order chi connectivity index (χ1) is 11.2. The van der Waals surface area contributed by atoms with Gasteiger partial charge < -0.3 is 15.0 Å². The van der Waals surface area contributed by atoms with E-state index in [0.717, 1.165) is 57.6 Å². The molecule has 0 aromatic carbocycles. The molecule has 1 aromatic rings. The maximum atomic E-state index is 12.4. The number of carbonyl (C=O) groups is 1. The van der Waals surface area contributed by atoms with Gasteiger partial charge in [0.1, 0.15) is 0 Å². The normalized spacial score (nSPS) is 25.9. The SMILES string of the molecule is CCn1cc([C@@H]2OCC[C@H]2CN[C@H](C)C(=O)N2CCCC2)cn1. The molecule has 3 heterocycles. The molecule has 0 radical (unpaired) electrons. The van der Waals surface area contributed by atoms with E-state index < -0.39 is 0 Å². The first kappa shape index (κ1) is 16.5. The highest BCUT2D eigenvalue weighted by Crippen LogP contribution is 2.33. The fraction of sp³-hybridized carbons (Fsp3) is 0.765. The number of nitrogens with zero attached hydrogens (tertiary/aromatic N) is 3. The molecule has 0 aliphatic carbocycles. The van der Waals surface area contributed by atoms with Crippen molar-refractivity contribution in [2.75, 3.05) is 26.2 Å². The van der Waals surface area contributed by atoms with Gasteiger partial charge in [-0.3, -0.25) is 9.48 Å². The van der Waals surface area contributed by atoms with E-state index in [1.54, 1.807) is 0 Å². The molecule has 2 fully saturated rings. The average molecular weight is 320 g/mol. The minimum Gasteiger partial charge on any atom is -0.373 e. The number of aryl methyl sites for hydroxylation is 1. The van der Waals surface area contributed by atoms with Gasteiger partial charge in [0.25, 0.3) is 0 Å². The Hall–Kier alpha value is -1.40. The maximum Gasteiger partial charge on any atom is 0.239 e. The summed E-state index contributed by atoms with van der Waals surface area (Å²) in [5, 5.41) is 7.77. The molecular formula is C17H28N4O2. The van der Waals surface area contributed by atoms with Crippen molar-refractivity contribution in [2.45, 2.75) is 51.8 Å². The molecule has 0 saturated carbocycles. The summed E-state index contributed by atoms with van der Waals surface area (Å²) < 4.78 is 7.84. The quantitative estimate of drug-likeness (QED) is 0.864. The third-order valence-corrected chi connectivity index (χ3v) is 4.99. The van der Waals surface area contributed by atoms with E-state index in [9.17, 15) is 4.79 Å². The molecule has 1 amide bonds. The Bertz CT molecular complexity index is 524. The zero-order chi connectivity index (χ0) is 16.2. The monoisotopic (exact) mass is 320 g/mol. The topological polar surface area (TPSA) is 59.4 Å². The highest BCUT2D eigenvalue weighted by Gasteiger charge is 2.31. The van der Waals surface area contributed by atoms with Gasteiger partial charge in [0.15, 0.2) is 0 Å². The number of rotatable bonds is 6. The molecule has 128 valence electrons. The number of likely N-dealkylation sites (tertiary alicyclic amines) is 1. The van der Waals surface area contributed by atoms with Crippen LogP contribution in [0.5, 0.6) is 0 Å². The summed E-state index contributed by atoms with van der Waals surface area (Å²) in [4.78, 5) is 14.3. The molecule has 0 spiro atoms. The van der Waals surface area contributed by atoms with Crippen LogP contribution >= 0.6 is 0 Å². The van der Waals surface area contributed by atoms with Crippen molar-refractivity contribution < 1.29 is 9.53 Å². The van der Waals surface area contributed by atoms with E-state index in [-0.39, 0.29) is 18.1 Å². The van der Waals surface area contributed by atoms with E-state index in [1.807, 2.05) is 22.7 Å². The first-order valence-electron chi connectivity index (χ1n) is 8.85. The van der Waals surface area contributed by atoms with E-state index in [1.165, 1.54) is 0 Å². The third kappa shape index (κ3) is 3.75. The molecule has 2 saturated heterocycles. The third-order valence-electron chi connectivity index (χ3n) is 4.99. The van der Waals surface area contributed by atoms with Gasteiger partial charge in [-0.2, -0.15) is 5.10 Å². The van der Waals surface area contributed by atoms with Crippen LogP contribution in [0.25, 0.3) is 0 Å². The van der Waals surface area contributed by atoms with Gasteiger partial charge in [-0.25, -0.2) is 0 Å². The number of hydrogen-bond acceptors (Lipinski definition) is 4. The second-order valence-electron chi connectivity index (χ2n) is 6.63. The van der Waals surface area contributed by atoms with Crippen molar-refractivity contribution in [2.24, 2.45) is 5.92 Å². The standard InChI is InChI=1S/C17H28N4O2/c1-3-21-12-15(11-19-21)16-14(6-9-23-16)10-18-13(2)17(22)20-7-4-5-8-20/h11-14,16,18H,3-10H2,1-2H3/t13-,14+,16-/m1/s1. The average Bonchev–Trinajstić information content (AvgIpc) is 3.32. The van der Waals surface area contributed by atoms with E-state index in [2.05, 4.69) is 23.5 Å². The number of aromatic nitrogens is 2. The number of hydrogen-bond donors (Lipinski definition) is 1. The van der Waals surface area contributed by atoms with Gasteiger partial charge in [-0.15, -0.1) is 0 Å². The van der Waals surface area contributed by atoms with Crippen LogP contribution in [-0.4, -0.2) is 52.9 Å². The molecule has 6 heteroatoms. The lowest BCUT2D eigenvalue weighted by atomic mass is 9.97. The van der Waals surface area contributed by atoms with Gasteiger partial charge in [0.05, 0.1) is 18.3 Å². The smallest absolute Gasteiger partial charge is 0.239 e. The number of amides is 1. The summed E-state index contributed by atoms with van der Waals surface area (Å²) in [6, 6.07) is -0.118. The van der Waals surface area contributed by atoms with Crippen LogP contribution in [0.3, 0.4) is 0 Å². The Morgan fingerprint density at radius 2 is 2.26 bits per heavy atom. The van der Waals surface area contributed by atoms with Crippen LogP contribution in [0, 0.1) is 5.92 Å². The Kier molecular flexibility index (Phi) is 5.33. The molecule has 6 nitrogen and oxygen atoms in total. The molecule has 1 N–H and O–H groups in total. The lowest BCUT2D eigenvalue weighted by Crippen LogP contribution is -2.45. The van der Waals surface area contributed by atoms with Crippen molar-refractivity contribution in [3.05, 3.63) is 18.0 Å². The maximum absolute atomic E-state index is 12.4. The molecule has 0 unspecified atom stereocenters. The first-order valence-corrected chi connectivity index (χ1v) is 8.85. The van der Waals surface area contributed by atoms with Gasteiger partial charge >= 0.3 is 0 Å². The summed E-state index contributed by atoms with van der Waals surface area (Å²) in [6.45, 7) is 8.34. The molecule has 2 aliphatic heterocycles. The Balaban J connectivity index is 1.53. The minimum atomic E-state index is -0.118. The van der Waals surface area contributed by atoms with E-state index in [4.69, 9.17) is 4.74 Å². The molecule has 1 aromatic heterocycles. The van der Waals surface area contributed by atoms with Gasteiger partial charge in [-0.1, -0.05) is 0 Å². The summed E-state index contributed by atoms with van der Waals surface area (Å²) in [5.41, 5.74) is 1.15. The highest BCUT2D eigenvalue weighted by molar-refractivity contribution is 5.81. The van der Waals surface area contributed by atoms with E-state index in [0.29, 0.717) is 5.92 Å². The Morgan fingerprint density at radius 1 is 1.48 bits per heavy atom. The second kappa shape index (κ2) is 7.45. The molecule has 23 heavy (non-hydrogen) atoms. The molecule has 2 aliphatic rings. The molecule has 3 rings (SSSR count). The van der Waals surface area contributed by atoms with Crippen LogP contribution in [-0.2, 0) is 16.1 Å². The van der Waals surface area contributed by atoms with Gasteiger partial charge in [-0.05, 0) is 33.1 Å². The molecular weight excluding hydrogens is 292 g/mol. The molecule has 0 bridgehead atoms. The highest BCUT2D eigenvalue weighted by atomic mass is 16.5. The Morgan fingerprint density at radius 3 is 2.96 bits per heavy atom. The zero-order valence-corrected chi connectivity index (χ0v) is 14.2. The Labute approximate surface area is 138 Å². The van der Waals surface area contributed by atoms with Crippen molar-refractivity contribution >= 4 is 5.91 Å². The molecule has 3 atom stereocenters. The van der Waals surface area contributed by atoms with Crippen LogP contribution in [0.4, 0.5) is 0 Å². The summed E-state index contributed by atoms with van der Waals surface area (Å²) in [6.07, 6.45) is 7.38. The van der Waals surface area contributed by atoms with Crippen molar-refractivity contribution in [1.29, 1.82) is 0 Å². The van der Waals surface area contributed by atoms with Crippen molar-refractivity contribution in [3.8, 4) is 0 Å². The summed E-state index contributed by atoms with van der Waals surface area (Å²) in [7, 11) is 0. The fourth-order valence-electron chi connectivity index (χ4n) is 3.54. The predicted molar refractivity (Wildman–Crippen MR) is 88.0 cm³/mol. The van der Waals surface area contributed by atoms with Gasteiger partial charge in [0, 0.05) is 50.5 Å². The van der Waals surface area contributed by atoms with Crippen LogP contribution in [0.15, 0.2) is 12.4 Å². The zero-order valence-electron chi connectivity index (χ0n) is 14.2. The van der Waals surface area contributed by atoms with Crippen LogP contribution in [0.2, 0.25) is 0 Å². The van der Waals surface area contributed by atoms with Crippen LogP contribution < -0.4 is 5.32 Å². The summed E-state index contributed by atoms with van der Waals surface area (Å²) in [5.74, 6) is 0.634. The largest absolute Gasteiger partial charge is 0.373 e. The second-order valence-corrected chi connectivity index (χ2v) is 6.63. The van der Waals surface area contributed by atoms with Crippen LogP contribution in [0.1, 0.15) is 44.8 Å². The van der Waals surface area contributed by atoms with E-state index >= 15 is 0 Å². The lowest BCUT2D eigenvalue weighted by Gasteiger charge is -2.24. The van der Waals surface area contributed by atoms with Gasteiger partial charge in [0.2, 0.25) is 5.91 Å².